The third kappa shape index (κ3) is 4.74. The summed E-state index contributed by atoms with van der Waals surface area (Å²) < 4.78 is 51.0. The second-order valence-electron chi connectivity index (χ2n) is 9.04. The van der Waals surface area contributed by atoms with Gasteiger partial charge in [-0.05, 0) is 36.0 Å². The van der Waals surface area contributed by atoms with E-state index in [9.17, 15) is 16.8 Å². The summed E-state index contributed by atoms with van der Waals surface area (Å²) in [7, 11) is -7.07. The number of benzene rings is 1. The summed E-state index contributed by atoms with van der Waals surface area (Å²) in [6.45, 7) is 6.22. The first-order chi connectivity index (χ1) is 12.5. The fourth-order valence-corrected chi connectivity index (χ4v) is 8.85. The minimum atomic E-state index is -3.71. The SMILES string of the molecule is CC(C)(C)c1ccc(S(=O)(=O)[C@H]2CS(=O)(=O)C[C@@H]2NC2CCCCC2)cc1. The molecule has 1 aliphatic carbocycles. The number of hydrogen-bond donors (Lipinski definition) is 1. The van der Waals surface area contributed by atoms with Crippen molar-refractivity contribution in [3.8, 4) is 0 Å². The monoisotopic (exact) mass is 413 g/mol. The third-order valence-electron chi connectivity index (χ3n) is 5.80. The van der Waals surface area contributed by atoms with E-state index in [1.54, 1.807) is 12.1 Å². The molecule has 7 heteroatoms. The van der Waals surface area contributed by atoms with Crippen LogP contribution in [0.2, 0.25) is 0 Å². The normalized spacial score (nSPS) is 26.9. The maximum absolute atomic E-state index is 13.2. The van der Waals surface area contributed by atoms with E-state index in [-0.39, 0.29) is 27.9 Å². The fraction of sp³-hybridized carbons (Fsp3) is 0.700. The van der Waals surface area contributed by atoms with E-state index < -0.39 is 31.0 Å². The van der Waals surface area contributed by atoms with Gasteiger partial charge in [-0.2, -0.15) is 0 Å². The molecule has 2 aliphatic rings. The minimum Gasteiger partial charge on any atom is -0.309 e. The van der Waals surface area contributed by atoms with Crippen molar-refractivity contribution in [3.63, 3.8) is 0 Å². The number of rotatable bonds is 4. The molecule has 1 aromatic carbocycles. The Morgan fingerprint density at radius 1 is 0.963 bits per heavy atom. The molecule has 0 spiro atoms. The summed E-state index contributed by atoms with van der Waals surface area (Å²) >= 11 is 0. The average molecular weight is 414 g/mol. The van der Waals surface area contributed by atoms with E-state index >= 15 is 0 Å². The highest BCUT2D eigenvalue weighted by atomic mass is 32.2. The zero-order chi connectivity index (χ0) is 19.9. The van der Waals surface area contributed by atoms with Crippen LogP contribution in [0.5, 0.6) is 0 Å². The van der Waals surface area contributed by atoms with Gasteiger partial charge in [0.25, 0.3) is 0 Å². The van der Waals surface area contributed by atoms with Crippen molar-refractivity contribution in [2.45, 2.75) is 80.5 Å². The smallest absolute Gasteiger partial charge is 0.183 e. The van der Waals surface area contributed by atoms with Crippen LogP contribution in [0.1, 0.15) is 58.4 Å². The number of sulfone groups is 2. The van der Waals surface area contributed by atoms with Gasteiger partial charge in [-0.1, -0.05) is 52.2 Å². The molecule has 1 N–H and O–H groups in total. The highest BCUT2D eigenvalue weighted by Crippen LogP contribution is 2.30. The van der Waals surface area contributed by atoms with Crippen LogP contribution >= 0.6 is 0 Å². The third-order valence-corrected chi connectivity index (χ3v) is 9.97. The predicted molar refractivity (Wildman–Crippen MR) is 109 cm³/mol. The molecule has 1 saturated heterocycles. The van der Waals surface area contributed by atoms with Crippen molar-refractivity contribution in [2.24, 2.45) is 0 Å². The average Bonchev–Trinajstić information content (AvgIpc) is 2.90. The molecule has 2 fully saturated rings. The molecular formula is C20H31NO4S2. The summed E-state index contributed by atoms with van der Waals surface area (Å²) in [4.78, 5) is 0.216. The van der Waals surface area contributed by atoms with Crippen LogP contribution in [-0.4, -0.2) is 45.7 Å². The molecule has 27 heavy (non-hydrogen) atoms. The first-order valence-corrected chi connectivity index (χ1v) is 13.2. The van der Waals surface area contributed by atoms with Gasteiger partial charge in [0, 0.05) is 12.1 Å². The molecule has 3 rings (SSSR count). The Kier molecular flexibility index (Phi) is 5.77. The van der Waals surface area contributed by atoms with Crippen LogP contribution in [0, 0.1) is 0 Å². The first-order valence-electron chi connectivity index (χ1n) is 9.80. The van der Waals surface area contributed by atoms with E-state index in [0.29, 0.717) is 0 Å². The lowest BCUT2D eigenvalue weighted by molar-refractivity contribution is 0.345. The van der Waals surface area contributed by atoms with Gasteiger partial charge in [0.15, 0.2) is 19.7 Å². The van der Waals surface area contributed by atoms with Crippen LogP contribution in [-0.2, 0) is 25.1 Å². The van der Waals surface area contributed by atoms with E-state index in [1.807, 2.05) is 12.1 Å². The van der Waals surface area contributed by atoms with Gasteiger partial charge >= 0.3 is 0 Å². The summed E-state index contributed by atoms with van der Waals surface area (Å²) in [6, 6.07) is 6.61. The Morgan fingerprint density at radius 2 is 1.56 bits per heavy atom. The van der Waals surface area contributed by atoms with Crippen molar-refractivity contribution in [2.75, 3.05) is 11.5 Å². The maximum Gasteiger partial charge on any atom is 0.183 e. The predicted octanol–water partition coefficient (Wildman–Crippen LogP) is 2.85. The molecule has 1 aliphatic heterocycles. The standard InChI is InChI=1S/C20H31NO4S2/c1-20(2,3)15-9-11-17(12-10-15)27(24,25)19-14-26(22,23)13-18(19)21-16-7-5-4-6-8-16/h9-12,16,18-19,21H,4-8,13-14H2,1-3H3/t18-,19-/m0/s1. The molecule has 2 atom stereocenters. The lowest BCUT2D eigenvalue weighted by Crippen LogP contribution is -2.48. The molecule has 1 aromatic rings. The lowest BCUT2D eigenvalue weighted by atomic mass is 9.87. The van der Waals surface area contributed by atoms with Gasteiger partial charge in [0.2, 0.25) is 0 Å². The first kappa shape index (κ1) is 20.8. The summed E-state index contributed by atoms with van der Waals surface area (Å²) in [5.41, 5.74) is 0.988. The molecule has 5 nitrogen and oxygen atoms in total. The van der Waals surface area contributed by atoms with Gasteiger partial charge in [0.05, 0.1) is 21.7 Å². The highest BCUT2D eigenvalue weighted by molar-refractivity contribution is 7.96. The Bertz CT molecular complexity index is 862. The molecule has 0 unspecified atom stereocenters. The van der Waals surface area contributed by atoms with Crippen LogP contribution in [0.25, 0.3) is 0 Å². The van der Waals surface area contributed by atoms with E-state index in [0.717, 1.165) is 31.2 Å². The molecule has 152 valence electrons. The number of nitrogens with one attached hydrogen (secondary N) is 1. The van der Waals surface area contributed by atoms with Crippen LogP contribution in [0.15, 0.2) is 29.2 Å². The summed E-state index contributed by atoms with van der Waals surface area (Å²) in [5.74, 6) is -0.381. The lowest BCUT2D eigenvalue weighted by Gasteiger charge is -2.28. The largest absolute Gasteiger partial charge is 0.309 e. The van der Waals surface area contributed by atoms with Gasteiger partial charge in [-0.3, -0.25) is 0 Å². The Morgan fingerprint density at radius 3 is 2.11 bits per heavy atom. The van der Waals surface area contributed by atoms with Crippen molar-refractivity contribution in [1.82, 2.24) is 5.32 Å². The molecule has 0 amide bonds. The van der Waals surface area contributed by atoms with Crippen LogP contribution in [0.3, 0.4) is 0 Å². The van der Waals surface area contributed by atoms with Gasteiger partial charge in [0.1, 0.15) is 0 Å². The molecule has 1 heterocycles. The molecular weight excluding hydrogens is 382 g/mol. The molecule has 0 bridgehead atoms. The highest BCUT2D eigenvalue weighted by Gasteiger charge is 2.46. The van der Waals surface area contributed by atoms with E-state index in [4.69, 9.17) is 0 Å². The van der Waals surface area contributed by atoms with E-state index in [2.05, 4.69) is 26.1 Å². The van der Waals surface area contributed by atoms with E-state index in [1.165, 1.54) is 6.42 Å². The van der Waals surface area contributed by atoms with Crippen molar-refractivity contribution in [1.29, 1.82) is 0 Å². The second-order valence-corrected chi connectivity index (χ2v) is 13.4. The maximum atomic E-state index is 13.2. The zero-order valence-electron chi connectivity index (χ0n) is 16.4. The molecule has 0 aromatic heterocycles. The van der Waals surface area contributed by atoms with Crippen molar-refractivity contribution >= 4 is 19.7 Å². The van der Waals surface area contributed by atoms with Crippen LogP contribution in [0.4, 0.5) is 0 Å². The Labute approximate surface area is 163 Å². The van der Waals surface area contributed by atoms with Crippen molar-refractivity contribution in [3.05, 3.63) is 29.8 Å². The van der Waals surface area contributed by atoms with Crippen LogP contribution < -0.4 is 5.32 Å². The quantitative estimate of drug-likeness (QED) is 0.821. The number of hydrogen-bond acceptors (Lipinski definition) is 5. The zero-order valence-corrected chi connectivity index (χ0v) is 18.1. The summed E-state index contributed by atoms with van der Waals surface area (Å²) in [6.07, 6.45) is 5.40. The Balaban J connectivity index is 1.86. The van der Waals surface area contributed by atoms with Crippen molar-refractivity contribution < 1.29 is 16.8 Å². The topological polar surface area (TPSA) is 80.3 Å². The summed E-state index contributed by atoms with van der Waals surface area (Å²) in [5, 5.41) is 2.46. The van der Waals surface area contributed by atoms with Gasteiger partial charge in [-0.15, -0.1) is 0 Å². The second kappa shape index (κ2) is 7.48. The molecule has 0 radical (unpaired) electrons. The Hall–Kier alpha value is -0.920. The molecule has 1 saturated carbocycles. The fourth-order valence-electron chi connectivity index (χ4n) is 4.17. The van der Waals surface area contributed by atoms with Gasteiger partial charge < -0.3 is 5.32 Å². The minimum absolute atomic E-state index is 0.0654. The van der Waals surface area contributed by atoms with Gasteiger partial charge in [-0.25, -0.2) is 16.8 Å².